The Kier molecular flexibility index (Phi) is 5.12. The molecule has 32 heavy (non-hydrogen) atoms. The number of rotatable bonds is 7. The quantitative estimate of drug-likeness (QED) is 0.442. The number of halogens is 3. The van der Waals surface area contributed by atoms with E-state index in [0.717, 1.165) is 36.1 Å². The van der Waals surface area contributed by atoms with Crippen LogP contribution in [0.1, 0.15) is 29.5 Å². The van der Waals surface area contributed by atoms with Gasteiger partial charge in [0, 0.05) is 25.0 Å². The van der Waals surface area contributed by atoms with Crippen LogP contribution in [0.3, 0.4) is 0 Å². The first-order chi connectivity index (χ1) is 15.5. The Morgan fingerprint density at radius 2 is 1.84 bits per heavy atom. The van der Waals surface area contributed by atoms with E-state index in [-0.39, 0.29) is 0 Å². The Morgan fingerprint density at radius 1 is 1.03 bits per heavy atom. The number of anilines is 2. The summed E-state index contributed by atoms with van der Waals surface area (Å²) in [6.07, 6.45) is 2.92. The van der Waals surface area contributed by atoms with Crippen molar-refractivity contribution in [2.45, 2.75) is 38.1 Å². The molecule has 7 nitrogen and oxygen atoms in total. The molecule has 0 saturated heterocycles. The van der Waals surface area contributed by atoms with Gasteiger partial charge in [-0.15, -0.1) is 0 Å². The monoisotopic (exact) mass is 439 g/mol. The molecule has 0 spiro atoms. The van der Waals surface area contributed by atoms with Crippen molar-refractivity contribution < 1.29 is 13.2 Å². The number of hydrogen-bond donors (Lipinski definition) is 2. The summed E-state index contributed by atoms with van der Waals surface area (Å²) in [6.45, 7) is 0.853. The van der Waals surface area contributed by atoms with Crippen LogP contribution in [0.4, 0.5) is 24.9 Å². The Balaban J connectivity index is 1.43. The van der Waals surface area contributed by atoms with Crippen molar-refractivity contribution in [3.8, 4) is 0 Å². The molecule has 0 atom stereocenters. The van der Waals surface area contributed by atoms with Crippen molar-refractivity contribution in [3.63, 3.8) is 0 Å². The number of aromatic nitrogens is 5. The summed E-state index contributed by atoms with van der Waals surface area (Å²) in [4.78, 5) is 17.8. The number of benzene rings is 1. The van der Waals surface area contributed by atoms with Crippen LogP contribution in [0.5, 0.6) is 0 Å². The first-order valence-electron chi connectivity index (χ1n) is 10.2. The molecular formula is C22H20F3N7. The smallest absolute Gasteiger partial charge is 0.365 e. The lowest BCUT2D eigenvalue weighted by atomic mass is 10.1. The zero-order valence-electron chi connectivity index (χ0n) is 17.0. The Morgan fingerprint density at radius 3 is 2.53 bits per heavy atom. The molecular weight excluding hydrogens is 419 g/mol. The highest BCUT2D eigenvalue weighted by molar-refractivity contribution is 5.84. The summed E-state index contributed by atoms with van der Waals surface area (Å²) in [5.74, 6) is 1.09. The van der Waals surface area contributed by atoms with Gasteiger partial charge in [-0.25, -0.2) is 4.98 Å². The maximum atomic E-state index is 12.8. The second kappa shape index (κ2) is 8.10. The van der Waals surface area contributed by atoms with Crippen LogP contribution < -0.4 is 10.6 Å². The Bertz CT molecular complexity index is 1220. The first kappa shape index (κ1) is 20.2. The van der Waals surface area contributed by atoms with E-state index in [4.69, 9.17) is 0 Å². The predicted octanol–water partition coefficient (Wildman–Crippen LogP) is 4.47. The molecule has 1 aromatic carbocycles. The van der Waals surface area contributed by atoms with Crippen molar-refractivity contribution in [2.75, 3.05) is 10.6 Å². The first-order valence-corrected chi connectivity index (χ1v) is 10.2. The number of alkyl halides is 3. The van der Waals surface area contributed by atoms with E-state index < -0.39 is 11.7 Å². The fraction of sp³-hybridized carbons (Fsp3) is 0.273. The molecule has 0 amide bonds. The molecule has 0 aliphatic heterocycles. The standard InChI is InChI=1S/C22H20F3N7/c23-22(24,25)16-5-3-14(4-6-16)12-32-13-28-18-19(29-17-7-8-17)30-21(31-20(18)32)27-11-15-2-1-9-26-10-15/h1-6,9-10,13,17H,7-8,11-12H2,(H2,27,29,30,31). The number of nitrogens with zero attached hydrogens (tertiary/aromatic N) is 5. The van der Waals surface area contributed by atoms with E-state index in [2.05, 4.69) is 30.6 Å². The molecule has 10 heteroatoms. The lowest BCUT2D eigenvalue weighted by molar-refractivity contribution is -0.137. The molecule has 2 N–H and O–H groups in total. The van der Waals surface area contributed by atoms with Crippen LogP contribution in [0.15, 0.2) is 55.1 Å². The average Bonchev–Trinajstić information content (AvgIpc) is 3.51. The van der Waals surface area contributed by atoms with Crippen molar-refractivity contribution >= 4 is 22.9 Å². The van der Waals surface area contributed by atoms with Crippen LogP contribution in [0, 0.1) is 0 Å². The molecule has 0 bridgehead atoms. The third kappa shape index (κ3) is 4.48. The zero-order valence-corrected chi connectivity index (χ0v) is 17.0. The summed E-state index contributed by atoms with van der Waals surface area (Å²) >= 11 is 0. The summed E-state index contributed by atoms with van der Waals surface area (Å²) in [7, 11) is 0. The maximum absolute atomic E-state index is 12.8. The van der Waals surface area contributed by atoms with E-state index in [0.29, 0.717) is 42.1 Å². The third-order valence-electron chi connectivity index (χ3n) is 5.19. The van der Waals surface area contributed by atoms with Gasteiger partial charge in [-0.2, -0.15) is 23.1 Å². The highest BCUT2D eigenvalue weighted by atomic mass is 19.4. The highest BCUT2D eigenvalue weighted by Gasteiger charge is 2.30. The molecule has 4 aromatic rings. The molecule has 1 aliphatic carbocycles. The van der Waals surface area contributed by atoms with Crippen LogP contribution >= 0.6 is 0 Å². The summed E-state index contributed by atoms with van der Waals surface area (Å²) < 4.78 is 40.4. The van der Waals surface area contributed by atoms with Crippen molar-refractivity contribution in [3.05, 3.63) is 71.8 Å². The van der Waals surface area contributed by atoms with E-state index in [1.807, 2.05) is 16.7 Å². The average molecular weight is 439 g/mol. The summed E-state index contributed by atoms with van der Waals surface area (Å²) in [6, 6.07) is 9.31. The van der Waals surface area contributed by atoms with Gasteiger partial charge in [-0.1, -0.05) is 18.2 Å². The van der Waals surface area contributed by atoms with Gasteiger partial charge >= 0.3 is 6.18 Å². The van der Waals surface area contributed by atoms with E-state index in [9.17, 15) is 13.2 Å². The number of imidazole rings is 1. The van der Waals surface area contributed by atoms with Gasteiger partial charge in [-0.05, 0) is 42.2 Å². The van der Waals surface area contributed by atoms with Gasteiger partial charge in [0.15, 0.2) is 17.0 Å². The molecule has 5 rings (SSSR count). The fourth-order valence-corrected chi connectivity index (χ4v) is 3.34. The van der Waals surface area contributed by atoms with Gasteiger partial charge < -0.3 is 15.2 Å². The van der Waals surface area contributed by atoms with Gasteiger partial charge in [0.05, 0.1) is 18.4 Å². The van der Waals surface area contributed by atoms with Gasteiger partial charge in [0.2, 0.25) is 5.95 Å². The second-order valence-corrected chi connectivity index (χ2v) is 7.77. The molecule has 1 saturated carbocycles. The molecule has 3 aromatic heterocycles. The third-order valence-corrected chi connectivity index (χ3v) is 5.19. The van der Waals surface area contributed by atoms with Gasteiger partial charge in [0.1, 0.15) is 0 Å². The number of nitrogens with one attached hydrogen (secondary N) is 2. The van der Waals surface area contributed by atoms with Gasteiger partial charge in [0.25, 0.3) is 0 Å². The Hall–Kier alpha value is -3.69. The molecule has 3 heterocycles. The maximum Gasteiger partial charge on any atom is 0.416 e. The molecule has 164 valence electrons. The topological polar surface area (TPSA) is 80.5 Å². The van der Waals surface area contributed by atoms with Crippen LogP contribution in [-0.2, 0) is 19.3 Å². The molecule has 1 fully saturated rings. The Labute approximate surface area is 181 Å². The van der Waals surface area contributed by atoms with E-state index in [1.54, 1.807) is 18.7 Å². The van der Waals surface area contributed by atoms with E-state index >= 15 is 0 Å². The second-order valence-electron chi connectivity index (χ2n) is 7.77. The minimum Gasteiger partial charge on any atom is -0.365 e. The SMILES string of the molecule is FC(F)(F)c1ccc(Cn2cnc3c(NC4CC4)nc(NCc4cccnc4)nc32)cc1. The minimum absolute atomic E-state index is 0.344. The van der Waals surface area contributed by atoms with Crippen LogP contribution in [-0.4, -0.2) is 30.5 Å². The summed E-state index contributed by atoms with van der Waals surface area (Å²) in [5, 5.41) is 6.62. The van der Waals surface area contributed by atoms with Crippen molar-refractivity contribution in [2.24, 2.45) is 0 Å². The molecule has 0 unspecified atom stereocenters. The minimum atomic E-state index is -4.36. The van der Waals surface area contributed by atoms with Crippen LogP contribution in [0.2, 0.25) is 0 Å². The largest absolute Gasteiger partial charge is 0.416 e. The highest BCUT2D eigenvalue weighted by Crippen LogP contribution is 2.30. The van der Waals surface area contributed by atoms with Crippen LogP contribution in [0.25, 0.3) is 11.2 Å². The van der Waals surface area contributed by atoms with E-state index in [1.165, 1.54) is 12.1 Å². The van der Waals surface area contributed by atoms with Crippen molar-refractivity contribution in [1.82, 2.24) is 24.5 Å². The summed E-state index contributed by atoms with van der Waals surface area (Å²) in [5.41, 5.74) is 2.29. The van der Waals surface area contributed by atoms with Gasteiger partial charge in [-0.3, -0.25) is 4.98 Å². The molecule has 0 radical (unpaired) electrons. The zero-order chi connectivity index (χ0) is 22.1. The normalized spacial score (nSPS) is 14.0. The fourth-order valence-electron chi connectivity index (χ4n) is 3.34. The lowest BCUT2D eigenvalue weighted by Crippen LogP contribution is -2.10. The predicted molar refractivity (Wildman–Crippen MR) is 114 cm³/mol. The lowest BCUT2D eigenvalue weighted by Gasteiger charge is -2.11. The molecule has 1 aliphatic rings. The number of hydrogen-bond acceptors (Lipinski definition) is 6. The van der Waals surface area contributed by atoms with Crippen molar-refractivity contribution in [1.29, 1.82) is 0 Å². The number of fused-ring (bicyclic) bond motifs is 1. The number of pyridine rings is 1.